The van der Waals surface area contributed by atoms with E-state index >= 15 is 0 Å². The molecule has 0 aliphatic carbocycles. The van der Waals surface area contributed by atoms with Gasteiger partial charge in [-0.15, -0.1) is 10.2 Å². The number of morpholine rings is 1. The van der Waals surface area contributed by atoms with E-state index in [1.165, 1.54) is 6.33 Å². The fourth-order valence-electron chi connectivity index (χ4n) is 2.33. The van der Waals surface area contributed by atoms with Gasteiger partial charge in [-0.1, -0.05) is 0 Å². The van der Waals surface area contributed by atoms with E-state index in [4.69, 9.17) is 9.47 Å². The SMILES string of the molecule is CCOc1cc(N2CCOC(c3nncn3C)C2)ncn1. The molecule has 0 radical (unpaired) electrons. The van der Waals surface area contributed by atoms with E-state index < -0.39 is 0 Å². The molecule has 1 saturated heterocycles. The first-order valence-electron chi connectivity index (χ1n) is 6.93. The Balaban J connectivity index is 1.77. The van der Waals surface area contributed by atoms with Crippen LogP contribution in [0.5, 0.6) is 5.88 Å². The number of hydrogen-bond acceptors (Lipinski definition) is 7. The van der Waals surface area contributed by atoms with Crippen LogP contribution in [0.15, 0.2) is 18.7 Å². The van der Waals surface area contributed by atoms with Crippen LogP contribution in [0.3, 0.4) is 0 Å². The maximum absolute atomic E-state index is 5.79. The Morgan fingerprint density at radius 3 is 3.10 bits per heavy atom. The lowest BCUT2D eigenvalue weighted by atomic mass is 10.2. The zero-order chi connectivity index (χ0) is 14.7. The molecule has 8 nitrogen and oxygen atoms in total. The highest BCUT2D eigenvalue weighted by Gasteiger charge is 2.26. The normalized spacial score (nSPS) is 18.8. The molecule has 1 unspecified atom stereocenters. The quantitative estimate of drug-likeness (QED) is 0.815. The minimum atomic E-state index is -0.114. The van der Waals surface area contributed by atoms with E-state index in [-0.39, 0.29) is 6.10 Å². The predicted octanol–water partition coefficient (Wildman–Crippen LogP) is 0.582. The topological polar surface area (TPSA) is 78.2 Å². The number of rotatable bonds is 4. The number of aromatic nitrogens is 5. The molecule has 0 N–H and O–H groups in total. The van der Waals surface area contributed by atoms with Crippen LogP contribution in [0, 0.1) is 0 Å². The maximum atomic E-state index is 5.79. The Bertz CT molecular complexity index is 602. The van der Waals surface area contributed by atoms with Crippen LogP contribution in [-0.4, -0.2) is 51.0 Å². The minimum Gasteiger partial charge on any atom is -0.478 e. The molecule has 0 aromatic carbocycles. The van der Waals surface area contributed by atoms with Gasteiger partial charge in [0.25, 0.3) is 0 Å². The van der Waals surface area contributed by atoms with Gasteiger partial charge in [0.2, 0.25) is 5.88 Å². The van der Waals surface area contributed by atoms with E-state index in [1.807, 2.05) is 24.6 Å². The Morgan fingerprint density at radius 2 is 2.33 bits per heavy atom. The van der Waals surface area contributed by atoms with E-state index in [0.29, 0.717) is 25.6 Å². The largest absolute Gasteiger partial charge is 0.478 e. The van der Waals surface area contributed by atoms with Crippen molar-refractivity contribution >= 4 is 5.82 Å². The summed E-state index contributed by atoms with van der Waals surface area (Å²) in [6.07, 6.45) is 3.08. The Hall–Kier alpha value is -2.22. The molecule has 112 valence electrons. The molecule has 3 heterocycles. The second kappa shape index (κ2) is 6.04. The second-order valence-corrected chi connectivity index (χ2v) is 4.75. The third kappa shape index (κ3) is 2.94. The van der Waals surface area contributed by atoms with Crippen molar-refractivity contribution in [2.45, 2.75) is 13.0 Å². The molecule has 0 saturated carbocycles. The van der Waals surface area contributed by atoms with Crippen molar-refractivity contribution < 1.29 is 9.47 Å². The number of aryl methyl sites for hydroxylation is 1. The first-order valence-corrected chi connectivity index (χ1v) is 6.93. The third-order valence-electron chi connectivity index (χ3n) is 3.34. The molecule has 0 spiro atoms. The van der Waals surface area contributed by atoms with Gasteiger partial charge in [0, 0.05) is 19.7 Å². The van der Waals surface area contributed by atoms with Crippen LogP contribution >= 0.6 is 0 Å². The van der Waals surface area contributed by atoms with Gasteiger partial charge < -0.3 is 18.9 Å². The van der Waals surface area contributed by atoms with Gasteiger partial charge in [-0.25, -0.2) is 9.97 Å². The second-order valence-electron chi connectivity index (χ2n) is 4.75. The van der Waals surface area contributed by atoms with Gasteiger partial charge in [-0.05, 0) is 6.92 Å². The Morgan fingerprint density at radius 1 is 1.43 bits per heavy atom. The van der Waals surface area contributed by atoms with Gasteiger partial charge in [0.15, 0.2) is 5.82 Å². The Kier molecular flexibility index (Phi) is 3.96. The average Bonchev–Trinajstić information content (AvgIpc) is 2.94. The summed E-state index contributed by atoms with van der Waals surface area (Å²) in [5.74, 6) is 2.24. The number of hydrogen-bond donors (Lipinski definition) is 0. The number of anilines is 1. The number of nitrogens with zero attached hydrogens (tertiary/aromatic N) is 6. The molecule has 1 fully saturated rings. The van der Waals surface area contributed by atoms with Gasteiger partial charge in [0.1, 0.15) is 24.6 Å². The zero-order valence-electron chi connectivity index (χ0n) is 12.1. The van der Waals surface area contributed by atoms with Crippen LogP contribution in [0.1, 0.15) is 18.9 Å². The molecular formula is C13H18N6O2. The van der Waals surface area contributed by atoms with Crippen molar-refractivity contribution in [1.82, 2.24) is 24.7 Å². The van der Waals surface area contributed by atoms with Crippen LogP contribution < -0.4 is 9.64 Å². The van der Waals surface area contributed by atoms with Crippen molar-refractivity contribution in [2.24, 2.45) is 7.05 Å². The lowest BCUT2D eigenvalue weighted by Gasteiger charge is -2.33. The van der Waals surface area contributed by atoms with Crippen molar-refractivity contribution in [3.63, 3.8) is 0 Å². The molecule has 1 atom stereocenters. The highest BCUT2D eigenvalue weighted by atomic mass is 16.5. The van der Waals surface area contributed by atoms with Crippen LogP contribution in [0.25, 0.3) is 0 Å². The lowest BCUT2D eigenvalue weighted by molar-refractivity contribution is 0.0318. The minimum absolute atomic E-state index is 0.114. The number of ether oxygens (including phenoxy) is 2. The molecule has 2 aromatic rings. The summed E-state index contributed by atoms with van der Waals surface area (Å²) in [5.41, 5.74) is 0. The van der Waals surface area contributed by atoms with Crippen LogP contribution in [0.2, 0.25) is 0 Å². The van der Waals surface area contributed by atoms with Crippen LogP contribution in [-0.2, 0) is 11.8 Å². The molecule has 1 aliphatic rings. The molecule has 2 aromatic heterocycles. The summed E-state index contributed by atoms with van der Waals surface area (Å²) < 4.78 is 13.1. The lowest BCUT2D eigenvalue weighted by Crippen LogP contribution is -2.39. The van der Waals surface area contributed by atoms with Crippen molar-refractivity contribution in [2.75, 3.05) is 31.2 Å². The monoisotopic (exact) mass is 290 g/mol. The first kappa shape index (κ1) is 13.7. The molecular weight excluding hydrogens is 272 g/mol. The average molecular weight is 290 g/mol. The summed E-state index contributed by atoms with van der Waals surface area (Å²) in [6, 6.07) is 1.85. The van der Waals surface area contributed by atoms with E-state index in [9.17, 15) is 0 Å². The van der Waals surface area contributed by atoms with E-state index in [1.54, 1.807) is 6.33 Å². The molecule has 8 heteroatoms. The molecule has 1 aliphatic heterocycles. The highest BCUT2D eigenvalue weighted by Crippen LogP contribution is 2.24. The van der Waals surface area contributed by atoms with E-state index in [2.05, 4.69) is 25.1 Å². The van der Waals surface area contributed by atoms with E-state index in [0.717, 1.165) is 18.2 Å². The van der Waals surface area contributed by atoms with Gasteiger partial charge in [-0.3, -0.25) is 0 Å². The highest BCUT2D eigenvalue weighted by molar-refractivity contribution is 5.41. The standard InChI is InChI=1S/C13H18N6O2/c1-3-20-12-6-11(14-8-15-12)19-4-5-21-10(7-19)13-17-16-9-18(13)2/h6,8-10H,3-5,7H2,1-2H3. The molecule has 0 bridgehead atoms. The summed E-state index contributed by atoms with van der Waals surface area (Å²) in [7, 11) is 1.91. The van der Waals surface area contributed by atoms with Crippen molar-refractivity contribution in [3.05, 3.63) is 24.5 Å². The molecule has 21 heavy (non-hydrogen) atoms. The maximum Gasteiger partial charge on any atom is 0.218 e. The van der Waals surface area contributed by atoms with Crippen molar-refractivity contribution in [3.8, 4) is 5.88 Å². The summed E-state index contributed by atoms with van der Waals surface area (Å²) >= 11 is 0. The van der Waals surface area contributed by atoms with Gasteiger partial charge in [-0.2, -0.15) is 0 Å². The Labute approximate surface area is 122 Å². The first-order chi connectivity index (χ1) is 10.3. The fraction of sp³-hybridized carbons (Fsp3) is 0.538. The predicted molar refractivity (Wildman–Crippen MR) is 75.1 cm³/mol. The van der Waals surface area contributed by atoms with Crippen LogP contribution in [0.4, 0.5) is 5.82 Å². The summed E-state index contributed by atoms with van der Waals surface area (Å²) in [5, 5.41) is 8.02. The smallest absolute Gasteiger partial charge is 0.218 e. The summed E-state index contributed by atoms with van der Waals surface area (Å²) in [4.78, 5) is 10.6. The fourth-order valence-corrected chi connectivity index (χ4v) is 2.33. The van der Waals surface area contributed by atoms with Gasteiger partial charge >= 0.3 is 0 Å². The third-order valence-corrected chi connectivity index (χ3v) is 3.34. The van der Waals surface area contributed by atoms with Gasteiger partial charge in [0.05, 0.1) is 19.8 Å². The zero-order valence-corrected chi connectivity index (χ0v) is 12.1. The van der Waals surface area contributed by atoms with Crippen molar-refractivity contribution in [1.29, 1.82) is 0 Å². The molecule has 3 rings (SSSR count). The summed E-state index contributed by atoms with van der Waals surface area (Å²) in [6.45, 7) is 4.58. The molecule has 0 amide bonds.